The van der Waals surface area contributed by atoms with Crippen LogP contribution in [0.4, 0.5) is 4.39 Å². The molecule has 3 aromatic rings. The van der Waals surface area contributed by atoms with E-state index in [0.29, 0.717) is 34.6 Å². The Balaban J connectivity index is 1.61. The molecule has 4 rings (SSSR count). The molecule has 2 heterocycles. The number of pyridine rings is 1. The maximum Gasteiger partial charge on any atom is 0.170 e. The van der Waals surface area contributed by atoms with Crippen molar-refractivity contribution < 1.29 is 18.7 Å². The second-order valence-electron chi connectivity index (χ2n) is 7.05. The number of Topliss-reactive ketones (excluding diaryl/α,β-unsaturated/α-hetero) is 1. The van der Waals surface area contributed by atoms with Crippen LogP contribution in [0.2, 0.25) is 0 Å². The molecule has 5 heteroatoms. The molecule has 0 bridgehead atoms. The minimum atomic E-state index is -0.536. The quantitative estimate of drug-likeness (QED) is 0.686. The molecule has 0 atom stereocenters. The molecule has 0 saturated heterocycles. The molecule has 0 saturated carbocycles. The molecule has 0 aliphatic carbocycles. The van der Waals surface area contributed by atoms with Gasteiger partial charge in [-0.25, -0.2) is 4.39 Å². The predicted molar refractivity (Wildman–Crippen MR) is 96.1 cm³/mol. The van der Waals surface area contributed by atoms with Crippen LogP contribution in [0.5, 0.6) is 11.5 Å². The zero-order chi connectivity index (χ0) is 18.3. The zero-order valence-electron chi connectivity index (χ0n) is 14.6. The molecule has 1 aliphatic heterocycles. The lowest BCUT2D eigenvalue weighted by atomic mass is 9.93. The molecule has 1 aromatic heterocycles. The summed E-state index contributed by atoms with van der Waals surface area (Å²) in [5, 5.41) is 0.729. The summed E-state index contributed by atoms with van der Waals surface area (Å²) in [5.74, 6) is 0.807. The van der Waals surface area contributed by atoms with Crippen LogP contribution < -0.4 is 9.47 Å². The number of ketones is 1. The lowest BCUT2D eigenvalue weighted by molar-refractivity contribution is 0.0618. The Labute approximate surface area is 150 Å². The van der Waals surface area contributed by atoms with Crippen molar-refractivity contribution in [3.63, 3.8) is 0 Å². The minimum absolute atomic E-state index is 0.0584. The fourth-order valence-electron chi connectivity index (χ4n) is 3.22. The van der Waals surface area contributed by atoms with E-state index in [1.807, 2.05) is 19.9 Å². The fourth-order valence-corrected chi connectivity index (χ4v) is 3.22. The summed E-state index contributed by atoms with van der Waals surface area (Å²) in [7, 11) is 0. The monoisotopic (exact) mass is 351 g/mol. The molecule has 26 heavy (non-hydrogen) atoms. The largest absolute Gasteiger partial charge is 0.489 e. The Kier molecular flexibility index (Phi) is 3.87. The van der Waals surface area contributed by atoms with Crippen LogP contribution in [0.3, 0.4) is 0 Å². The topological polar surface area (TPSA) is 48.4 Å². The first-order valence-corrected chi connectivity index (χ1v) is 8.43. The molecule has 0 fully saturated rings. The Bertz CT molecular complexity index is 1010. The van der Waals surface area contributed by atoms with Gasteiger partial charge in [-0.2, -0.15) is 0 Å². The van der Waals surface area contributed by atoms with Gasteiger partial charge >= 0.3 is 0 Å². The molecule has 0 radical (unpaired) electrons. The number of carbonyl (C=O) groups is 1. The van der Waals surface area contributed by atoms with Crippen LogP contribution in [-0.2, 0) is 6.61 Å². The number of hydrogen-bond donors (Lipinski definition) is 0. The van der Waals surface area contributed by atoms with Crippen molar-refractivity contribution in [3.8, 4) is 11.5 Å². The Morgan fingerprint density at radius 3 is 2.92 bits per heavy atom. The van der Waals surface area contributed by atoms with E-state index >= 15 is 0 Å². The van der Waals surface area contributed by atoms with Gasteiger partial charge in [0.2, 0.25) is 0 Å². The first-order valence-electron chi connectivity index (χ1n) is 8.43. The average molecular weight is 351 g/mol. The molecule has 0 unspecified atom stereocenters. The smallest absolute Gasteiger partial charge is 0.170 e. The zero-order valence-corrected chi connectivity index (χ0v) is 14.6. The van der Waals surface area contributed by atoms with Crippen molar-refractivity contribution in [3.05, 3.63) is 65.6 Å². The van der Waals surface area contributed by atoms with Crippen LogP contribution in [0, 0.1) is 5.82 Å². The van der Waals surface area contributed by atoms with Crippen LogP contribution in [0.1, 0.15) is 36.2 Å². The molecule has 132 valence electrons. The molecule has 0 spiro atoms. The van der Waals surface area contributed by atoms with Crippen LogP contribution >= 0.6 is 0 Å². The lowest BCUT2D eigenvalue weighted by Gasteiger charge is -2.31. The van der Waals surface area contributed by atoms with Crippen molar-refractivity contribution in [2.45, 2.75) is 32.5 Å². The summed E-state index contributed by atoms with van der Waals surface area (Å²) in [4.78, 5) is 16.5. The SMILES string of the molecule is CC1(C)CC(=O)c2ccc(OCc3cc(F)cc4cccnc34)cc2O1. The summed E-state index contributed by atoms with van der Waals surface area (Å²) >= 11 is 0. The van der Waals surface area contributed by atoms with Crippen molar-refractivity contribution in [1.82, 2.24) is 4.98 Å². The summed E-state index contributed by atoms with van der Waals surface area (Å²) in [6.45, 7) is 3.93. The minimum Gasteiger partial charge on any atom is -0.489 e. The highest BCUT2D eigenvalue weighted by Crippen LogP contribution is 2.35. The summed E-state index contributed by atoms with van der Waals surface area (Å²) in [6, 6.07) is 11.6. The number of hydrogen-bond acceptors (Lipinski definition) is 4. The fraction of sp³-hybridized carbons (Fsp3) is 0.238. The maximum atomic E-state index is 13.8. The third kappa shape index (κ3) is 3.12. The second-order valence-corrected chi connectivity index (χ2v) is 7.05. The van der Waals surface area contributed by atoms with E-state index < -0.39 is 5.60 Å². The highest BCUT2D eigenvalue weighted by atomic mass is 19.1. The first kappa shape index (κ1) is 16.5. The molecule has 0 amide bonds. The molecule has 1 aliphatic rings. The summed E-state index contributed by atoms with van der Waals surface area (Å²) < 4.78 is 25.6. The number of fused-ring (bicyclic) bond motifs is 2. The number of aromatic nitrogens is 1. The summed E-state index contributed by atoms with van der Waals surface area (Å²) in [6.07, 6.45) is 2.02. The molecule has 2 aromatic carbocycles. The van der Waals surface area contributed by atoms with Gasteiger partial charge in [-0.3, -0.25) is 9.78 Å². The van der Waals surface area contributed by atoms with E-state index in [1.165, 1.54) is 12.1 Å². The Morgan fingerprint density at radius 1 is 1.23 bits per heavy atom. The van der Waals surface area contributed by atoms with Gasteiger partial charge in [-0.1, -0.05) is 6.07 Å². The molecular weight excluding hydrogens is 333 g/mol. The van der Waals surface area contributed by atoms with E-state index in [1.54, 1.807) is 30.5 Å². The van der Waals surface area contributed by atoms with Gasteiger partial charge in [0.05, 0.1) is 17.5 Å². The van der Waals surface area contributed by atoms with E-state index in [-0.39, 0.29) is 18.2 Å². The van der Waals surface area contributed by atoms with Crippen LogP contribution in [0.25, 0.3) is 10.9 Å². The number of carbonyl (C=O) groups excluding carboxylic acids is 1. The van der Waals surface area contributed by atoms with E-state index in [9.17, 15) is 9.18 Å². The third-order valence-electron chi connectivity index (χ3n) is 4.37. The third-order valence-corrected chi connectivity index (χ3v) is 4.37. The maximum absolute atomic E-state index is 13.8. The number of nitrogens with zero attached hydrogens (tertiary/aromatic N) is 1. The highest BCUT2D eigenvalue weighted by molar-refractivity contribution is 6.00. The standard InChI is InChI=1S/C21H18FNO3/c1-21(2)11-18(24)17-6-5-16(10-19(17)26-21)25-12-14-9-15(22)8-13-4-3-7-23-20(13)14/h3-10H,11-12H2,1-2H3. The van der Waals surface area contributed by atoms with E-state index in [2.05, 4.69) is 4.98 Å². The van der Waals surface area contributed by atoms with Gasteiger partial charge in [0.15, 0.2) is 5.78 Å². The molecule has 4 nitrogen and oxygen atoms in total. The Morgan fingerprint density at radius 2 is 2.08 bits per heavy atom. The van der Waals surface area contributed by atoms with Crippen molar-refractivity contribution >= 4 is 16.7 Å². The number of ether oxygens (including phenoxy) is 2. The van der Waals surface area contributed by atoms with Crippen molar-refractivity contribution in [1.29, 1.82) is 0 Å². The second kappa shape index (κ2) is 6.09. The van der Waals surface area contributed by atoms with E-state index in [0.717, 1.165) is 5.39 Å². The van der Waals surface area contributed by atoms with Crippen LogP contribution in [0.15, 0.2) is 48.7 Å². The van der Waals surface area contributed by atoms with Crippen molar-refractivity contribution in [2.24, 2.45) is 0 Å². The number of benzene rings is 2. The normalized spacial score (nSPS) is 15.4. The molecule has 0 N–H and O–H groups in total. The highest BCUT2D eigenvalue weighted by Gasteiger charge is 2.32. The lowest BCUT2D eigenvalue weighted by Crippen LogP contribution is -2.35. The van der Waals surface area contributed by atoms with Gasteiger partial charge in [0.25, 0.3) is 0 Å². The predicted octanol–water partition coefficient (Wildman–Crippen LogP) is 4.70. The van der Waals surface area contributed by atoms with Gasteiger partial charge in [0, 0.05) is 23.2 Å². The average Bonchev–Trinajstić information content (AvgIpc) is 2.58. The van der Waals surface area contributed by atoms with Crippen LogP contribution in [-0.4, -0.2) is 16.4 Å². The number of halogens is 1. The van der Waals surface area contributed by atoms with Gasteiger partial charge < -0.3 is 9.47 Å². The number of rotatable bonds is 3. The van der Waals surface area contributed by atoms with Crippen molar-refractivity contribution in [2.75, 3.05) is 0 Å². The van der Waals surface area contributed by atoms with Gasteiger partial charge in [-0.05, 0) is 44.2 Å². The van der Waals surface area contributed by atoms with Gasteiger partial charge in [-0.15, -0.1) is 0 Å². The summed E-state index contributed by atoms with van der Waals surface area (Å²) in [5.41, 5.74) is 1.40. The van der Waals surface area contributed by atoms with E-state index in [4.69, 9.17) is 9.47 Å². The molecular formula is C21H18FNO3. The van der Waals surface area contributed by atoms with Gasteiger partial charge in [0.1, 0.15) is 29.5 Å². The first-order chi connectivity index (χ1) is 12.4. The Hall–Kier alpha value is -2.95.